The maximum Gasteiger partial charge on any atom is 0.254 e. The molecule has 0 spiro atoms. The zero-order valence-electron chi connectivity index (χ0n) is 12.9. The van der Waals surface area contributed by atoms with E-state index < -0.39 is 23.6 Å². The van der Waals surface area contributed by atoms with E-state index in [-0.39, 0.29) is 12.1 Å². The van der Waals surface area contributed by atoms with Crippen LogP contribution in [-0.4, -0.2) is 31.7 Å². The zero-order chi connectivity index (χ0) is 17.0. The first-order valence-electron chi connectivity index (χ1n) is 7.07. The Hall–Kier alpha value is -2.47. The summed E-state index contributed by atoms with van der Waals surface area (Å²) in [6.07, 6.45) is -0.918. The van der Waals surface area contributed by atoms with Crippen LogP contribution in [0.25, 0.3) is 0 Å². The Balaban J connectivity index is 1.98. The molecule has 0 bridgehead atoms. The van der Waals surface area contributed by atoms with Gasteiger partial charge in [0.2, 0.25) is 0 Å². The van der Waals surface area contributed by atoms with E-state index in [4.69, 9.17) is 0 Å². The molecule has 6 heteroatoms. The summed E-state index contributed by atoms with van der Waals surface area (Å²) in [6.45, 7) is -0.0725. The number of hydrogen-bond donors (Lipinski definition) is 2. The van der Waals surface area contributed by atoms with Gasteiger partial charge in [-0.05, 0) is 29.8 Å². The third-order valence-electron chi connectivity index (χ3n) is 3.43. The Morgan fingerprint density at radius 1 is 1.17 bits per heavy atom. The van der Waals surface area contributed by atoms with E-state index in [1.165, 1.54) is 0 Å². The van der Waals surface area contributed by atoms with Crippen molar-refractivity contribution in [1.29, 1.82) is 0 Å². The maximum atomic E-state index is 13.5. The molecular weight excluding hydrogens is 302 g/mol. The van der Waals surface area contributed by atoms with Crippen LogP contribution < -0.4 is 10.2 Å². The molecule has 0 fully saturated rings. The van der Waals surface area contributed by atoms with Crippen molar-refractivity contribution in [3.8, 4) is 0 Å². The van der Waals surface area contributed by atoms with Crippen LogP contribution in [0.4, 0.5) is 14.5 Å². The van der Waals surface area contributed by atoms with Gasteiger partial charge in [0.25, 0.3) is 5.91 Å². The molecule has 0 saturated carbocycles. The summed E-state index contributed by atoms with van der Waals surface area (Å²) in [4.78, 5) is 13.8. The SMILES string of the molecule is CN(C)c1ccc(C(O)CNC(=O)c2ccc(F)cc2F)cc1. The third-order valence-corrected chi connectivity index (χ3v) is 3.43. The summed E-state index contributed by atoms with van der Waals surface area (Å²) in [5.41, 5.74) is 1.36. The average Bonchev–Trinajstić information content (AvgIpc) is 2.52. The lowest BCUT2D eigenvalue weighted by molar-refractivity contribution is 0.0912. The minimum absolute atomic E-state index is 0.0725. The summed E-state index contributed by atoms with van der Waals surface area (Å²) in [5, 5.41) is 12.5. The monoisotopic (exact) mass is 320 g/mol. The maximum absolute atomic E-state index is 13.5. The van der Waals surface area contributed by atoms with E-state index >= 15 is 0 Å². The molecule has 0 aliphatic carbocycles. The molecular formula is C17H18F2N2O2. The predicted molar refractivity (Wildman–Crippen MR) is 84.4 cm³/mol. The summed E-state index contributed by atoms with van der Waals surface area (Å²) in [5.74, 6) is -2.39. The Labute approximate surface area is 133 Å². The van der Waals surface area contributed by atoms with E-state index in [1.54, 1.807) is 12.1 Å². The zero-order valence-corrected chi connectivity index (χ0v) is 12.9. The van der Waals surface area contributed by atoms with E-state index in [0.717, 1.165) is 17.8 Å². The van der Waals surface area contributed by atoms with Crippen LogP contribution in [0.3, 0.4) is 0 Å². The van der Waals surface area contributed by atoms with Crippen LogP contribution in [-0.2, 0) is 0 Å². The number of anilines is 1. The van der Waals surface area contributed by atoms with Crippen molar-refractivity contribution in [3.63, 3.8) is 0 Å². The van der Waals surface area contributed by atoms with E-state index in [0.29, 0.717) is 11.6 Å². The largest absolute Gasteiger partial charge is 0.387 e. The summed E-state index contributed by atoms with van der Waals surface area (Å²) >= 11 is 0. The highest BCUT2D eigenvalue weighted by molar-refractivity contribution is 5.94. The minimum atomic E-state index is -0.938. The standard InChI is InChI=1S/C17H18F2N2O2/c1-21(2)13-6-3-11(4-7-13)16(22)10-20-17(23)14-8-5-12(18)9-15(14)19/h3-9,16,22H,10H2,1-2H3,(H,20,23). The number of aliphatic hydroxyl groups is 1. The molecule has 1 unspecified atom stereocenters. The molecule has 0 radical (unpaired) electrons. The lowest BCUT2D eigenvalue weighted by Gasteiger charge is -2.16. The Bertz CT molecular complexity index is 687. The predicted octanol–water partition coefficient (Wildman–Crippen LogP) is 2.49. The summed E-state index contributed by atoms with van der Waals surface area (Å²) in [6, 6.07) is 9.92. The van der Waals surface area contributed by atoms with Crippen molar-refractivity contribution < 1.29 is 18.7 Å². The van der Waals surface area contributed by atoms with Gasteiger partial charge in [-0.3, -0.25) is 4.79 Å². The molecule has 0 aliphatic rings. The second-order valence-electron chi connectivity index (χ2n) is 5.34. The molecule has 0 aliphatic heterocycles. The number of halogens is 2. The first kappa shape index (κ1) is 16.9. The van der Waals surface area contributed by atoms with Crippen molar-refractivity contribution in [1.82, 2.24) is 5.32 Å². The fraction of sp³-hybridized carbons (Fsp3) is 0.235. The molecule has 2 rings (SSSR count). The number of carbonyl (C=O) groups excluding carboxylic acids is 1. The van der Waals surface area contributed by atoms with E-state index in [1.807, 2.05) is 31.1 Å². The highest BCUT2D eigenvalue weighted by Gasteiger charge is 2.14. The fourth-order valence-corrected chi connectivity index (χ4v) is 2.07. The van der Waals surface area contributed by atoms with Crippen molar-refractivity contribution in [2.45, 2.75) is 6.10 Å². The second kappa shape index (κ2) is 7.19. The molecule has 23 heavy (non-hydrogen) atoms. The lowest BCUT2D eigenvalue weighted by Crippen LogP contribution is -2.29. The highest BCUT2D eigenvalue weighted by Crippen LogP contribution is 2.17. The van der Waals surface area contributed by atoms with Gasteiger partial charge >= 0.3 is 0 Å². The normalized spacial score (nSPS) is 11.9. The van der Waals surface area contributed by atoms with Crippen LogP contribution in [0.2, 0.25) is 0 Å². The number of carbonyl (C=O) groups is 1. The van der Waals surface area contributed by atoms with E-state index in [9.17, 15) is 18.7 Å². The van der Waals surface area contributed by atoms with Crippen LogP contribution in [0.5, 0.6) is 0 Å². The van der Waals surface area contributed by atoms with Crippen LogP contribution in [0.15, 0.2) is 42.5 Å². The van der Waals surface area contributed by atoms with Gasteiger partial charge in [-0.1, -0.05) is 12.1 Å². The molecule has 0 saturated heterocycles. The summed E-state index contributed by atoms with van der Waals surface area (Å²) < 4.78 is 26.3. The van der Waals surface area contributed by atoms with Crippen molar-refractivity contribution >= 4 is 11.6 Å². The topological polar surface area (TPSA) is 52.6 Å². The van der Waals surface area contributed by atoms with E-state index in [2.05, 4.69) is 5.32 Å². The van der Waals surface area contributed by atoms with Crippen LogP contribution >= 0.6 is 0 Å². The van der Waals surface area contributed by atoms with Crippen LogP contribution in [0.1, 0.15) is 22.0 Å². The Kier molecular flexibility index (Phi) is 5.28. The molecule has 4 nitrogen and oxygen atoms in total. The molecule has 2 N–H and O–H groups in total. The number of amides is 1. The smallest absolute Gasteiger partial charge is 0.254 e. The average molecular weight is 320 g/mol. The summed E-state index contributed by atoms with van der Waals surface area (Å²) in [7, 11) is 3.81. The second-order valence-corrected chi connectivity index (χ2v) is 5.34. The van der Waals surface area contributed by atoms with Gasteiger partial charge in [0.15, 0.2) is 0 Å². The Morgan fingerprint density at radius 2 is 1.83 bits per heavy atom. The third kappa shape index (κ3) is 4.26. The van der Waals surface area contributed by atoms with Gasteiger partial charge in [0, 0.05) is 32.4 Å². The molecule has 1 atom stereocenters. The molecule has 2 aromatic carbocycles. The highest BCUT2D eigenvalue weighted by atomic mass is 19.1. The number of nitrogens with one attached hydrogen (secondary N) is 1. The van der Waals surface area contributed by atoms with Gasteiger partial charge in [-0.15, -0.1) is 0 Å². The van der Waals surface area contributed by atoms with Crippen LogP contribution in [0, 0.1) is 11.6 Å². The molecule has 0 heterocycles. The number of aliphatic hydroxyl groups excluding tert-OH is 1. The van der Waals surface area contributed by atoms with Crippen molar-refractivity contribution in [2.75, 3.05) is 25.5 Å². The van der Waals surface area contributed by atoms with Gasteiger partial charge in [0.1, 0.15) is 11.6 Å². The lowest BCUT2D eigenvalue weighted by atomic mass is 10.1. The van der Waals surface area contributed by atoms with Gasteiger partial charge in [-0.25, -0.2) is 8.78 Å². The fourth-order valence-electron chi connectivity index (χ4n) is 2.07. The molecule has 0 aromatic heterocycles. The van der Waals surface area contributed by atoms with Crippen molar-refractivity contribution in [3.05, 3.63) is 65.2 Å². The first-order chi connectivity index (χ1) is 10.9. The number of benzene rings is 2. The number of rotatable bonds is 5. The van der Waals surface area contributed by atoms with Gasteiger partial charge in [0.05, 0.1) is 11.7 Å². The molecule has 122 valence electrons. The first-order valence-corrected chi connectivity index (χ1v) is 7.07. The molecule has 1 amide bonds. The molecule has 2 aromatic rings. The minimum Gasteiger partial charge on any atom is -0.387 e. The van der Waals surface area contributed by atoms with Crippen molar-refractivity contribution in [2.24, 2.45) is 0 Å². The number of hydrogen-bond acceptors (Lipinski definition) is 3. The number of nitrogens with zero attached hydrogens (tertiary/aromatic N) is 1. The van der Waals surface area contributed by atoms with Gasteiger partial charge < -0.3 is 15.3 Å². The quantitative estimate of drug-likeness (QED) is 0.890. The van der Waals surface area contributed by atoms with Gasteiger partial charge in [-0.2, -0.15) is 0 Å². The Morgan fingerprint density at radius 3 is 2.39 bits per heavy atom.